The summed E-state index contributed by atoms with van der Waals surface area (Å²) in [5, 5.41) is 0. The van der Waals surface area contributed by atoms with Gasteiger partial charge in [-0.15, -0.1) is 0 Å². The van der Waals surface area contributed by atoms with Gasteiger partial charge in [0, 0.05) is 17.7 Å². The Morgan fingerprint density at radius 2 is 2.07 bits per heavy atom. The zero-order chi connectivity index (χ0) is 10.8. The van der Waals surface area contributed by atoms with Gasteiger partial charge in [0.05, 0.1) is 11.9 Å². The van der Waals surface area contributed by atoms with Crippen molar-refractivity contribution in [3.63, 3.8) is 0 Å². The maximum atomic E-state index is 12.0. The van der Waals surface area contributed by atoms with Crippen LogP contribution in [-0.4, -0.2) is 24.8 Å². The lowest BCUT2D eigenvalue weighted by atomic mass is 10.4. The van der Waals surface area contributed by atoms with Gasteiger partial charge in [0.25, 0.3) is 0 Å². The first-order valence-corrected chi connectivity index (χ1v) is 4.56. The molecule has 0 unspecified atom stereocenters. The second kappa shape index (κ2) is 4.16. The Labute approximate surface area is 87.9 Å². The number of pyridine rings is 1. The normalized spacial score (nSPS) is 11.5. The number of nitrogens with zero attached hydrogens (tertiary/aromatic N) is 2. The second-order valence-electron chi connectivity index (χ2n) is 2.83. The molecule has 0 aliphatic carbocycles. The highest BCUT2D eigenvalue weighted by Gasteiger charge is 2.29. The smallest absolute Gasteiger partial charge is 0.364 e. The van der Waals surface area contributed by atoms with Gasteiger partial charge in [-0.05, 0) is 22.0 Å². The van der Waals surface area contributed by atoms with Gasteiger partial charge in [-0.3, -0.25) is 4.98 Å². The third kappa shape index (κ3) is 3.53. The predicted octanol–water partition coefficient (Wildman–Crippen LogP) is 2.84. The van der Waals surface area contributed by atoms with Crippen molar-refractivity contribution in [1.82, 2.24) is 4.98 Å². The highest BCUT2D eigenvalue weighted by molar-refractivity contribution is 9.10. The molecule has 78 valence electrons. The average molecular weight is 269 g/mol. The minimum atomic E-state index is -4.20. The fourth-order valence-corrected chi connectivity index (χ4v) is 1.32. The van der Waals surface area contributed by atoms with Gasteiger partial charge in [0.1, 0.15) is 6.54 Å². The summed E-state index contributed by atoms with van der Waals surface area (Å²) < 4.78 is 36.7. The molecule has 0 N–H and O–H groups in total. The van der Waals surface area contributed by atoms with E-state index in [2.05, 4.69) is 20.9 Å². The molecule has 0 aliphatic heterocycles. The van der Waals surface area contributed by atoms with Gasteiger partial charge < -0.3 is 4.90 Å². The van der Waals surface area contributed by atoms with Crippen molar-refractivity contribution in [2.75, 3.05) is 18.5 Å². The van der Waals surface area contributed by atoms with Crippen molar-refractivity contribution in [3.05, 3.63) is 22.9 Å². The molecular formula is C8H8BrF3N2. The van der Waals surface area contributed by atoms with Crippen molar-refractivity contribution in [1.29, 1.82) is 0 Å². The summed E-state index contributed by atoms with van der Waals surface area (Å²) in [7, 11) is 1.37. The first-order chi connectivity index (χ1) is 6.38. The van der Waals surface area contributed by atoms with E-state index in [9.17, 15) is 13.2 Å². The monoisotopic (exact) mass is 268 g/mol. The highest BCUT2D eigenvalue weighted by atomic mass is 79.9. The van der Waals surface area contributed by atoms with Crippen molar-refractivity contribution in [3.8, 4) is 0 Å². The largest absolute Gasteiger partial charge is 0.405 e. The van der Waals surface area contributed by atoms with E-state index in [0.29, 0.717) is 10.2 Å². The minimum absolute atomic E-state index is 0.428. The number of alkyl halides is 3. The van der Waals surface area contributed by atoms with Crippen LogP contribution in [0.15, 0.2) is 22.9 Å². The zero-order valence-electron chi connectivity index (χ0n) is 7.35. The van der Waals surface area contributed by atoms with E-state index in [0.717, 1.165) is 4.90 Å². The number of rotatable bonds is 2. The van der Waals surface area contributed by atoms with Crippen LogP contribution >= 0.6 is 15.9 Å². The molecule has 1 aromatic heterocycles. The topological polar surface area (TPSA) is 16.1 Å². The molecular weight excluding hydrogens is 261 g/mol. The summed E-state index contributed by atoms with van der Waals surface area (Å²) in [6.07, 6.45) is -1.29. The summed E-state index contributed by atoms with van der Waals surface area (Å²) in [6.45, 7) is -0.981. The zero-order valence-corrected chi connectivity index (χ0v) is 8.93. The van der Waals surface area contributed by atoms with Gasteiger partial charge in [-0.25, -0.2) is 0 Å². The molecule has 0 atom stereocenters. The summed E-state index contributed by atoms with van der Waals surface area (Å²) >= 11 is 3.14. The van der Waals surface area contributed by atoms with Crippen LogP contribution in [0.25, 0.3) is 0 Å². The maximum absolute atomic E-state index is 12.0. The summed E-state index contributed by atoms with van der Waals surface area (Å²) in [6, 6.07) is 1.58. The average Bonchev–Trinajstić information content (AvgIpc) is 2.01. The standard InChI is InChI=1S/C8H8BrF3N2/c1-14(5-8(10,11)12)7-2-6(9)3-13-4-7/h2-4H,5H2,1H3. The van der Waals surface area contributed by atoms with E-state index in [1.54, 1.807) is 6.07 Å². The molecule has 1 aromatic rings. The number of anilines is 1. The number of halogens is 4. The quantitative estimate of drug-likeness (QED) is 0.820. The summed E-state index contributed by atoms with van der Waals surface area (Å²) in [5.74, 6) is 0. The second-order valence-corrected chi connectivity index (χ2v) is 3.75. The Morgan fingerprint density at radius 3 is 2.57 bits per heavy atom. The summed E-state index contributed by atoms with van der Waals surface area (Å²) in [5.41, 5.74) is 0.428. The lowest BCUT2D eigenvalue weighted by Gasteiger charge is -2.20. The Morgan fingerprint density at radius 1 is 1.43 bits per heavy atom. The van der Waals surface area contributed by atoms with Gasteiger partial charge in [0.2, 0.25) is 0 Å². The third-order valence-corrected chi connectivity index (χ3v) is 1.98. The van der Waals surface area contributed by atoms with Crippen molar-refractivity contribution >= 4 is 21.6 Å². The molecule has 0 saturated heterocycles. The molecule has 0 saturated carbocycles. The molecule has 0 aromatic carbocycles. The first kappa shape index (κ1) is 11.3. The Hall–Kier alpha value is -0.780. The Bertz CT molecular complexity index is 314. The minimum Gasteiger partial charge on any atom is -0.364 e. The molecule has 1 rings (SSSR count). The molecule has 14 heavy (non-hydrogen) atoms. The van der Waals surface area contributed by atoms with E-state index >= 15 is 0 Å². The molecule has 0 aliphatic rings. The summed E-state index contributed by atoms with van der Waals surface area (Å²) in [4.78, 5) is 4.87. The van der Waals surface area contributed by atoms with Crippen molar-refractivity contribution in [2.24, 2.45) is 0 Å². The Kier molecular flexibility index (Phi) is 3.36. The van der Waals surface area contributed by atoms with Crippen molar-refractivity contribution < 1.29 is 13.2 Å². The maximum Gasteiger partial charge on any atom is 0.405 e. The number of hydrogen-bond donors (Lipinski definition) is 0. The van der Waals surface area contributed by atoms with E-state index in [-0.39, 0.29) is 0 Å². The third-order valence-electron chi connectivity index (χ3n) is 1.55. The van der Waals surface area contributed by atoms with E-state index in [1.807, 2.05) is 0 Å². The van der Waals surface area contributed by atoms with Crippen LogP contribution in [0.2, 0.25) is 0 Å². The van der Waals surface area contributed by atoms with E-state index in [4.69, 9.17) is 0 Å². The van der Waals surface area contributed by atoms with Gasteiger partial charge >= 0.3 is 6.18 Å². The molecule has 0 spiro atoms. The molecule has 0 bridgehead atoms. The van der Waals surface area contributed by atoms with Crippen molar-refractivity contribution in [2.45, 2.75) is 6.18 Å². The number of hydrogen-bond acceptors (Lipinski definition) is 2. The Balaban J connectivity index is 2.74. The first-order valence-electron chi connectivity index (χ1n) is 3.77. The molecule has 2 nitrogen and oxygen atoms in total. The van der Waals surface area contributed by atoms with Crippen LogP contribution in [0.5, 0.6) is 0 Å². The van der Waals surface area contributed by atoms with Gasteiger partial charge in [0.15, 0.2) is 0 Å². The molecule has 0 amide bonds. The van der Waals surface area contributed by atoms with E-state index in [1.165, 1.54) is 19.4 Å². The van der Waals surface area contributed by atoms with Crippen LogP contribution in [0.3, 0.4) is 0 Å². The fourth-order valence-electron chi connectivity index (χ4n) is 0.970. The predicted molar refractivity (Wildman–Crippen MR) is 51.3 cm³/mol. The molecule has 0 fully saturated rings. The van der Waals surface area contributed by atoms with Crippen LogP contribution in [0.1, 0.15) is 0 Å². The van der Waals surface area contributed by atoms with Crippen LogP contribution in [0, 0.1) is 0 Å². The van der Waals surface area contributed by atoms with E-state index < -0.39 is 12.7 Å². The van der Waals surface area contributed by atoms with Crippen LogP contribution in [-0.2, 0) is 0 Å². The molecule has 1 heterocycles. The molecule has 0 radical (unpaired) electrons. The lowest BCUT2D eigenvalue weighted by molar-refractivity contribution is -0.119. The number of aromatic nitrogens is 1. The SMILES string of the molecule is CN(CC(F)(F)F)c1cncc(Br)c1. The van der Waals surface area contributed by atoms with Gasteiger partial charge in [-0.2, -0.15) is 13.2 Å². The van der Waals surface area contributed by atoms with Crippen LogP contribution in [0.4, 0.5) is 18.9 Å². The van der Waals surface area contributed by atoms with Gasteiger partial charge in [-0.1, -0.05) is 0 Å². The van der Waals surface area contributed by atoms with Crippen LogP contribution < -0.4 is 4.90 Å². The highest BCUT2D eigenvalue weighted by Crippen LogP contribution is 2.22. The molecule has 6 heteroatoms. The lowest BCUT2D eigenvalue weighted by Crippen LogP contribution is -2.30. The fraction of sp³-hybridized carbons (Fsp3) is 0.375.